The maximum Gasteiger partial charge on any atom is 0.233 e. The quantitative estimate of drug-likeness (QED) is 0.868. The van der Waals surface area contributed by atoms with Gasteiger partial charge in [-0.25, -0.2) is 0 Å². The Labute approximate surface area is 131 Å². The molecule has 0 radical (unpaired) electrons. The Bertz CT molecular complexity index is 599. The van der Waals surface area contributed by atoms with Crippen LogP contribution in [0.25, 0.3) is 0 Å². The van der Waals surface area contributed by atoms with Gasteiger partial charge in [-0.2, -0.15) is 0 Å². The second kappa shape index (κ2) is 6.58. The summed E-state index contributed by atoms with van der Waals surface area (Å²) in [6.07, 6.45) is 1.03. The molecule has 3 unspecified atom stereocenters. The van der Waals surface area contributed by atoms with E-state index in [9.17, 15) is 0 Å². The van der Waals surface area contributed by atoms with Crippen LogP contribution in [-0.4, -0.2) is 34.3 Å². The molecule has 1 aliphatic heterocycles. The molecule has 22 heavy (non-hydrogen) atoms. The summed E-state index contributed by atoms with van der Waals surface area (Å²) in [5.74, 6) is 1.39. The van der Waals surface area contributed by atoms with Crippen molar-refractivity contribution in [3.05, 3.63) is 47.7 Å². The summed E-state index contributed by atoms with van der Waals surface area (Å²) in [4.78, 5) is 2.36. The Morgan fingerprint density at radius 1 is 1.23 bits per heavy atom. The van der Waals surface area contributed by atoms with Crippen LogP contribution in [0.1, 0.15) is 50.3 Å². The van der Waals surface area contributed by atoms with Gasteiger partial charge in [-0.15, -0.1) is 10.2 Å². The predicted molar refractivity (Wildman–Crippen MR) is 83.4 cm³/mol. The third kappa shape index (κ3) is 3.20. The monoisotopic (exact) mass is 301 g/mol. The molecule has 118 valence electrons. The number of rotatable bonds is 4. The van der Waals surface area contributed by atoms with E-state index in [0.717, 1.165) is 19.5 Å². The fraction of sp³-hybridized carbons (Fsp3) is 0.529. The van der Waals surface area contributed by atoms with Crippen LogP contribution in [0.15, 0.2) is 34.7 Å². The molecule has 2 heterocycles. The highest BCUT2D eigenvalue weighted by Gasteiger charge is 2.31. The van der Waals surface area contributed by atoms with E-state index in [2.05, 4.69) is 53.2 Å². The molecule has 1 fully saturated rings. The molecular weight excluding hydrogens is 278 g/mol. The average Bonchev–Trinajstić information content (AvgIpc) is 3.03. The van der Waals surface area contributed by atoms with Crippen molar-refractivity contribution in [1.29, 1.82) is 0 Å². The van der Waals surface area contributed by atoms with E-state index < -0.39 is 0 Å². The number of morpholine rings is 1. The smallest absolute Gasteiger partial charge is 0.233 e. The first-order valence-corrected chi connectivity index (χ1v) is 7.94. The number of aryl methyl sites for hydroxylation is 1. The number of hydrogen-bond donors (Lipinski definition) is 0. The topological polar surface area (TPSA) is 51.4 Å². The van der Waals surface area contributed by atoms with Gasteiger partial charge < -0.3 is 9.15 Å². The summed E-state index contributed by atoms with van der Waals surface area (Å²) in [7, 11) is 0. The molecule has 0 amide bonds. The van der Waals surface area contributed by atoms with Gasteiger partial charge in [0, 0.05) is 19.5 Å². The second-order valence-electron chi connectivity index (χ2n) is 5.86. The van der Waals surface area contributed by atoms with Crippen LogP contribution in [-0.2, 0) is 11.2 Å². The van der Waals surface area contributed by atoms with Crippen molar-refractivity contribution in [1.82, 2.24) is 15.1 Å². The SMILES string of the molecule is CCc1nnc(C(C)N2CC(C)OC(c3ccccc3)C2)o1. The van der Waals surface area contributed by atoms with Gasteiger partial charge in [0.15, 0.2) is 0 Å². The molecule has 3 rings (SSSR count). The van der Waals surface area contributed by atoms with E-state index in [1.165, 1.54) is 5.56 Å². The molecule has 5 nitrogen and oxygen atoms in total. The molecule has 0 saturated carbocycles. The number of ether oxygens (including phenoxy) is 1. The van der Waals surface area contributed by atoms with Gasteiger partial charge in [-0.05, 0) is 19.4 Å². The number of benzene rings is 1. The predicted octanol–water partition coefficient (Wildman–Crippen LogP) is 3.16. The van der Waals surface area contributed by atoms with E-state index in [0.29, 0.717) is 11.8 Å². The number of aromatic nitrogens is 2. The molecule has 0 N–H and O–H groups in total. The van der Waals surface area contributed by atoms with Gasteiger partial charge in [0.05, 0.1) is 18.2 Å². The highest BCUT2D eigenvalue weighted by Crippen LogP contribution is 2.30. The number of nitrogens with zero attached hydrogens (tertiary/aromatic N) is 3. The summed E-state index contributed by atoms with van der Waals surface area (Å²) in [5, 5.41) is 8.26. The third-order valence-corrected chi connectivity index (χ3v) is 4.15. The van der Waals surface area contributed by atoms with Crippen LogP contribution < -0.4 is 0 Å². The first-order valence-electron chi connectivity index (χ1n) is 7.94. The molecule has 0 aliphatic carbocycles. The molecule has 5 heteroatoms. The maximum atomic E-state index is 6.11. The van der Waals surface area contributed by atoms with Crippen molar-refractivity contribution in [3.8, 4) is 0 Å². The molecule has 0 bridgehead atoms. The minimum Gasteiger partial charge on any atom is -0.424 e. The van der Waals surface area contributed by atoms with E-state index >= 15 is 0 Å². The van der Waals surface area contributed by atoms with Crippen LogP contribution in [0.5, 0.6) is 0 Å². The fourth-order valence-electron chi connectivity index (χ4n) is 2.89. The first-order chi connectivity index (χ1) is 10.7. The Morgan fingerprint density at radius 3 is 2.68 bits per heavy atom. The molecule has 0 spiro atoms. The first kappa shape index (κ1) is 15.2. The fourth-order valence-corrected chi connectivity index (χ4v) is 2.89. The average molecular weight is 301 g/mol. The van der Waals surface area contributed by atoms with E-state index in [1.807, 2.05) is 13.0 Å². The lowest BCUT2D eigenvalue weighted by Crippen LogP contribution is -2.44. The van der Waals surface area contributed by atoms with Crippen molar-refractivity contribution in [2.75, 3.05) is 13.1 Å². The standard InChI is InChI=1S/C17H23N3O2/c1-4-16-18-19-17(22-16)13(3)20-10-12(2)21-15(11-20)14-8-6-5-7-9-14/h5-9,12-13,15H,4,10-11H2,1-3H3. The molecular formula is C17H23N3O2. The van der Waals surface area contributed by atoms with Gasteiger partial charge in [0.1, 0.15) is 0 Å². The second-order valence-corrected chi connectivity index (χ2v) is 5.86. The van der Waals surface area contributed by atoms with Gasteiger partial charge in [-0.1, -0.05) is 37.3 Å². The lowest BCUT2D eigenvalue weighted by atomic mass is 10.1. The van der Waals surface area contributed by atoms with Crippen LogP contribution in [0.2, 0.25) is 0 Å². The highest BCUT2D eigenvalue weighted by atomic mass is 16.5. The van der Waals surface area contributed by atoms with Gasteiger partial charge in [0.2, 0.25) is 11.8 Å². The lowest BCUT2D eigenvalue weighted by Gasteiger charge is -2.39. The Hall–Kier alpha value is -1.72. The summed E-state index contributed by atoms with van der Waals surface area (Å²) in [6, 6.07) is 10.5. The van der Waals surface area contributed by atoms with E-state index in [1.54, 1.807) is 0 Å². The highest BCUT2D eigenvalue weighted by molar-refractivity contribution is 5.18. The van der Waals surface area contributed by atoms with Crippen molar-refractivity contribution in [3.63, 3.8) is 0 Å². The van der Waals surface area contributed by atoms with Crippen molar-refractivity contribution in [2.45, 2.75) is 45.4 Å². The normalized spacial score (nSPS) is 24.3. The Balaban J connectivity index is 1.75. The molecule has 1 aromatic heterocycles. The van der Waals surface area contributed by atoms with Gasteiger partial charge in [0.25, 0.3) is 0 Å². The molecule has 3 atom stereocenters. The lowest BCUT2D eigenvalue weighted by molar-refractivity contribution is -0.0918. The Kier molecular flexibility index (Phi) is 4.55. The minimum absolute atomic E-state index is 0.0842. The molecule has 2 aromatic rings. The van der Waals surface area contributed by atoms with E-state index in [4.69, 9.17) is 9.15 Å². The summed E-state index contributed by atoms with van der Waals surface area (Å²) in [6.45, 7) is 7.95. The van der Waals surface area contributed by atoms with Crippen LogP contribution in [0.4, 0.5) is 0 Å². The van der Waals surface area contributed by atoms with Gasteiger partial charge >= 0.3 is 0 Å². The van der Waals surface area contributed by atoms with Crippen molar-refractivity contribution in [2.24, 2.45) is 0 Å². The number of hydrogen-bond acceptors (Lipinski definition) is 5. The molecule has 1 aliphatic rings. The largest absolute Gasteiger partial charge is 0.424 e. The molecule has 1 aromatic carbocycles. The minimum atomic E-state index is 0.0842. The maximum absolute atomic E-state index is 6.11. The zero-order valence-electron chi connectivity index (χ0n) is 13.4. The third-order valence-electron chi connectivity index (χ3n) is 4.15. The zero-order valence-corrected chi connectivity index (χ0v) is 13.4. The summed E-state index contributed by atoms with van der Waals surface area (Å²) >= 11 is 0. The van der Waals surface area contributed by atoms with Crippen molar-refractivity contribution < 1.29 is 9.15 Å². The van der Waals surface area contributed by atoms with Crippen LogP contribution >= 0.6 is 0 Å². The van der Waals surface area contributed by atoms with Crippen molar-refractivity contribution >= 4 is 0 Å². The zero-order chi connectivity index (χ0) is 15.5. The van der Waals surface area contributed by atoms with Crippen LogP contribution in [0, 0.1) is 0 Å². The van der Waals surface area contributed by atoms with Gasteiger partial charge in [-0.3, -0.25) is 4.90 Å². The summed E-state index contributed by atoms with van der Waals surface area (Å²) in [5.41, 5.74) is 1.21. The molecule has 1 saturated heterocycles. The summed E-state index contributed by atoms with van der Waals surface area (Å²) < 4.78 is 11.8. The Morgan fingerprint density at radius 2 is 2.00 bits per heavy atom. The van der Waals surface area contributed by atoms with Crippen LogP contribution in [0.3, 0.4) is 0 Å². The van der Waals surface area contributed by atoms with E-state index in [-0.39, 0.29) is 18.2 Å².